The molecular formula is C17H23N3O2. The fourth-order valence-corrected chi connectivity index (χ4v) is 2.14. The van der Waals surface area contributed by atoms with Gasteiger partial charge in [0.25, 0.3) is 0 Å². The van der Waals surface area contributed by atoms with E-state index in [1.165, 1.54) is 0 Å². The van der Waals surface area contributed by atoms with Crippen LogP contribution in [-0.4, -0.2) is 42.7 Å². The second-order valence-corrected chi connectivity index (χ2v) is 5.19. The van der Waals surface area contributed by atoms with Crippen LogP contribution in [0.5, 0.6) is 5.75 Å². The molecule has 22 heavy (non-hydrogen) atoms. The number of unbranched alkanes of at least 4 members (excludes halogenated alkanes) is 1. The molecule has 0 aliphatic carbocycles. The first kappa shape index (κ1) is 16.1. The molecule has 1 aromatic heterocycles. The summed E-state index contributed by atoms with van der Waals surface area (Å²) in [5.41, 5.74) is 0.844. The van der Waals surface area contributed by atoms with Gasteiger partial charge in [-0.25, -0.2) is 4.79 Å². The highest BCUT2D eigenvalue weighted by Crippen LogP contribution is 2.22. The highest BCUT2D eigenvalue weighted by atomic mass is 16.5. The van der Waals surface area contributed by atoms with Crippen molar-refractivity contribution in [3.8, 4) is 5.75 Å². The van der Waals surface area contributed by atoms with Gasteiger partial charge in [0, 0.05) is 25.2 Å². The highest BCUT2D eigenvalue weighted by molar-refractivity contribution is 5.84. The number of carbonyl (C=O) groups excluding carboxylic acids is 1. The fourth-order valence-electron chi connectivity index (χ4n) is 2.14. The van der Waals surface area contributed by atoms with Crippen molar-refractivity contribution in [2.45, 2.75) is 19.8 Å². The van der Waals surface area contributed by atoms with Crippen LogP contribution < -0.4 is 10.1 Å². The van der Waals surface area contributed by atoms with E-state index in [4.69, 9.17) is 4.74 Å². The normalized spacial score (nSPS) is 10.5. The number of hydrogen-bond donors (Lipinski definition) is 1. The Morgan fingerprint density at radius 3 is 2.95 bits per heavy atom. The molecule has 0 radical (unpaired) electrons. The van der Waals surface area contributed by atoms with Gasteiger partial charge in [0.2, 0.25) is 0 Å². The Morgan fingerprint density at radius 1 is 1.32 bits per heavy atom. The molecule has 5 nitrogen and oxygen atoms in total. The zero-order valence-corrected chi connectivity index (χ0v) is 13.2. The van der Waals surface area contributed by atoms with Crippen LogP contribution in [0.2, 0.25) is 0 Å². The average molecular weight is 301 g/mol. The van der Waals surface area contributed by atoms with E-state index in [-0.39, 0.29) is 6.03 Å². The van der Waals surface area contributed by atoms with Crippen molar-refractivity contribution in [1.82, 2.24) is 15.2 Å². The van der Waals surface area contributed by atoms with Gasteiger partial charge in [-0.05, 0) is 18.6 Å². The summed E-state index contributed by atoms with van der Waals surface area (Å²) in [6.45, 7) is 3.77. The molecular weight excluding hydrogens is 278 g/mol. The van der Waals surface area contributed by atoms with E-state index in [9.17, 15) is 4.79 Å². The van der Waals surface area contributed by atoms with Crippen LogP contribution in [0.3, 0.4) is 0 Å². The maximum Gasteiger partial charge on any atom is 0.317 e. The first-order valence-corrected chi connectivity index (χ1v) is 7.68. The number of carbonyl (C=O) groups is 1. The molecule has 2 amide bonds. The molecule has 0 saturated heterocycles. The lowest BCUT2D eigenvalue weighted by Crippen LogP contribution is -2.39. The Balaban J connectivity index is 1.80. The number of ether oxygens (including phenoxy) is 1. The molecule has 0 spiro atoms. The van der Waals surface area contributed by atoms with Gasteiger partial charge < -0.3 is 15.0 Å². The summed E-state index contributed by atoms with van der Waals surface area (Å²) in [4.78, 5) is 17.9. The number of hydrogen-bond acceptors (Lipinski definition) is 3. The lowest BCUT2D eigenvalue weighted by Gasteiger charge is -2.17. The number of nitrogens with zero attached hydrogens (tertiary/aromatic N) is 2. The first-order valence-electron chi connectivity index (χ1n) is 7.68. The first-order chi connectivity index (χ1) is 10.7. The summed E-state index contributed by atoms with van der Waals surface area (Å²) in [5.74, 6) is 0.742. The maximum atomic E-state index is 11.8. The minimum atomic E-state index is -0.0619. The summed E-state index contributed by atoms with van der Waals surface area (Å²) < 4.78 is 5.73. The molecule has 1 N–H and O–H groups in total. The van der Waals surface area contributed by atoms with Gasteiger partial charge in [-0.3, -0.25) is 4.98 Å². The number of urea groups is 1. The highest BCUT2D eigenvalue weighted by Gasteiger charge is 2.07. The van der Waals surface area contributed by atoms with Crippen LogP contribution in [0, 0.1) is 0 Å². The molecule has 0 atom stereocenters. The number of pyridine rings is 1. The van der Waals surface area contributed by atoms with Gasteiger partial charge in [-0.1, -0.05) is 31.5 Å². The van der Waals surface area contributed by atoms with Gasteiger partial charge in [0.1, 0.15) is 17.9 Å². The number of fused-ring (bicyclic) bond motifs is 1. The van der Waals surface area contributed by atoms with Crippen LogP contribution in [0.4, 0.5) is 4.79 Å². The Hall–Kier alpha value is -2.30. The second kappa shape index (κ2) is 8.22. The quantitative estimate of drug-likeness (QED) is 0.800. The predicted molar refractivity (Wildman–Crippen MR) is 88.2 cm³/mol. The third kappa shape index (κ3) is 4.35. The second-order valence-electron chi connectivity index (χ2n) is 5.19. The summed E-state index contributed by atoms with van der Waals surface area (Å²) in [5, 5.41) is 3.90. The van der Waals surface area contributed by atoms with Gasteiger partial charge in [0.05, 0.1) is 6.54 Å². The zero-order chi connectivity index (χ0) is 15.8. The van der Waals surface area contributed by atoms with Crippen LogP contribution in [0.1, 0.15) is 19.8 Å². The predicted octanol–water partition coefficient (Wildman–Crippen LogP) is 3.06. The molecule has 1 heterocycles. The standard InChI is InChI=1S/C17H23N3O2/c1-3-4-12-20(2)17(21)19-11-13-22-15-9-5-7-14-8-6-10-18-16(14)15/h5-10H,3-4,11-13H2,1-2H3,(H,19,21). The SMILES string of the molecule is CCCCN(C)C(=O)NCCOc1cccc2cccnc12. The minimum absolute atomic E-state index is 0.0619. The molecule has 0 aliphatic rings. The summed E-state index contributed by atoms with van der Waals surface area (Å²) in [7, 11) is 1.81. The van der Waals surface area contributed by atoms with Crippen molar-refractivity contribution in [3.05, 3.63) is 36.5 Å². The van der Waals surface area contributed by atoms with Gasteiger partial charge in [-0.2, -0.15) is 0 Å². The van der Waals surface area contributed by atoms with Gasteiger partial charge >= 0.3 is 6.03 Å². The fraction of sp³-hybridized carbons (Fsp3) is 0.412. The van der Waals surface area contributed by atoms with Crippen molar-refractivity contribution < 1.29 is 9.53 Å². The molecule has 5 heteroatoms. The van der Waals surface area contributed by atoms with E-state index in [1.807, 2.05) is 30.3 Å². The smallest absolute Gasteiger partial charge is 0.317 e. The lowest BCUT2D eigenvalue weighted by atomic mass is 10.2. The van der Waals surface area contributed by atoms with E-state index in [1.54, 1.807) is 18.1 Å². The third-order valence-electron chi connectivity index (χ3n) is 3.43. The summed E-state index contributed by atoms with van der Waals surface area (Å²) in [6, 6.07) is 9.67. The van der Waals surface area contributed by atoms with Crippen LogP contribution >= 0.6 is 0 Å². The lowest BCUT2D eigenvalue weighted by molar-refractivity contribution is 0.205. The number of nitrogens with one attached hydrogen (secondary N) is 1. The monoisotopic (exact) mass is 301 g/mol. The minimum Gasteiger partial charge on any atom is -0.489 e. The number of amides is 2. The van der Waals surface area contributed by atoms with Crippen LogP contribution in [-0.2, 0) is 0 Å². The summed E-state index contributed by atoms with van der Waals surface area (Å²) >= 11 is 0. The maximum absolute atomic E-state index is 11.8. The summed E-state index contributed by atoms with van der Waals surface area (Å²) in [6.07, 6.45) is 3.84. The zero-order valence-electron chi connectivity index (χ0n) is 13.2. The van der Waals surface area contributed by atoms with Crippen molar-refractivity contribution in [3.63, 3.8) is 0 Å². The van der Waals surface area contributed by atoms with Crippen LogP contribution in [0.15, 0.2) is 36.5 Å². The van der Waals surface area contributed by atoms with E-state index < -0.39 is 0 Å². The van der Waals surface area contributed by atoms with Gasteiger partial charge in [0.15, 0.2) is 0 Å². The molecule has 2 aromatic rings. The van der Waals surface area contributed by atoms with Crippen LogP contribution in [0.25, 0.3) is 10.9 Å². The molecule has 1 aromatic carbocycles. The van der Waals surface area contributed by atoms with Gasteiger partial charge in [-0.15, -0.1) is 0 Å². The van der Waals surface area contributed by atoms with Crippen molar-refractivity contribution in [2.24, 2.45) is 0 Å². The van der Waals surface area contributed by atoms with E-state index in [2.05, 4.69) is 17.2 Å². The average Bonchev–Trinajstić information content (AvgIpc) is 2.56. The molecule has 0 saturated carbocycles. The largest absolute Gasteiger partial charge is 0.489 e. The number of aromatic nitrogens is 1. The van der Waals surface area contributed by atoms with Crippen molar-refractivity contribution >= 4 is 16.9 Å². The van der Waals surface area contributed by atoms with E-state index in [0.717, 1.165) is 36.0 Å². The number of para-hydroxylation sites is 1. The Labute approximate surface area is 131 Å². The van der Waals surface area contributed by atoms with Crippen molar-refractivity contribution in [2.75, 3.05) is 26.7 Å². The molecule has 2 rings (SSSR count). The van der Waals surface area contributed by atoms with Crippen molar-refractivity contribution in [1.29, 1.82) is 0 Å². The number of benzene rings is 1. The molecule has 118 valence electrons. The van der Waals surface area contributed by atoms with E-state index >= 15 is 0 Å². The number of rotatable bonds is 7. The molecule has 0 aliphatic heterocycles. The Morgan fingerprint density at radius 2 is 2.14 bits per heavy atom. The van der Waals surface area contributed by atoms with E-state index in [0.29, 0.717) is 13.2 Å². The topological polar surface area (TPSA) is 54.5 Å². The molecule has 0 unspecified atom stereocenters. The Kier molecular flexibility index (Phi) is 6.01. The molecule has 0 fully saturated rings. The Bertz CT molecular complexity index is 610. The molecule has 0 bridgehead atoms. The third-order valence-corrected chi connectivity index (χ3v) is 3.43.